The summed E-state index contributed by atoms with van der Waals surface area (Å²) in [4.78, 5) is 13.8. The first kappa shape index (κ1) is 12.7. The predicted octanol–water partition coefficient (Wildman–Crippen LogP) is 1.02. The minimum Gasteiger partial charge on any atom is -0.465 e. The Balaban J connectivity index is 2.40. The predicted molar refractivity (Wildman–Crippen MR) is 69.6 cm³/mol. The number of benzene rings is 1. The summed E-state index contributed by atoms with van der Waals surface area (Å²) >= 11 is 0. The Bertz CT molecular complexity index is 448. The number of nitrogen functional groups attached to an aromatic ring is 1. The summed E-state index contributed by atoms with van der Waals surface area (Å²) in [6, 6.07) is 5.26. The Morgan fingerprint density at radius 3 is 3.06 bits per heavy atom. The van der Waals surface area contributed by atoms with E-state index in [1.54, 1.807) is 12.1 Å². The van der Waals surface area contributed by atoms with Gasteiger partial charge in [0.15, 0.2) is 0 Å². The zero-order valence-electron chi connectivity index (χ0n) is 10.4. The number of carbonyl (C=O) groups excluding carboxylic acids is 1. The van der Waals surface area contributed by atoms with Gasteiger partial charge in [-0.2, -0.15) is 0 Å². The Labute approximate surface area is 106 Å². The van der Waals surface area contributed by atoms with Gasteiger partial charge in [-0.05, 0) is 31.0 Å². The summed E-state index contributed by atoms with van der Waals surface area (Å²) in [7, 11) is 1.35. The van der Waals surface area contributed by atoms with E-state index in [9.17, 15) is 9.90 Å². The molecular formula is C13H18N2O3. The Kier molecular flexibility index (Phi) is 3.72. The lowest BCUT2D eigenvalue weighted by atomic mass is 10.1. The molecule has 98 valence electrons. The second-order valence-electron chi connectivity index (χ2n) is 4.44. The number of methoxy groups -OCH3 is 1. The number of nitrogens with two attached hydrogens (primary N) is 1. The van der Waals surface area contributed by atoms with Crippen molar-refractivity contribution in [1.29, 1.82) is 0 Å². The molecule has 0 aliphatic carbocycles. The molecule has 18 heavy (non-hydrogen) atoms. The molecular weight excluding hydrogens is 232 g/mol. The summed E-state index contributed by atoms with van der Waals surface area (Å²) in [6.45, 7) is 0.921. The second-order valence-corrected chi connectivity index (χ2v) is 4.44. The van der Waals surface area contributed by atoms with E-state index in [1.807, 2.05) is 11.0 Å². The fourth-order valence-electron chi connectivity index (χ4n) is 2.42. The second kappa shape index (κ2) is 5.27. The topological polar surface area (TPSA) is 75.8 Å². The van der Waals surface area contributed by atoms with Gasteiger partial charge in [0.25, 0.3) is 0 Å². The van der Waals surface area contributed by atoms with Crippen LogP contribution in [0.5, 0.6) is 0 Å². The molecule has 1 unspecified atom stereocenters. The number of ether oxygens (including phenoxy) is 1. The van der Waals surface area contributed by atoms with Gasteiger partial charge in [0.05, 0.1) is 31.0 Å². The number of hydrogen-bond donors (Lipinski definition) is 2. The maximum Gasteiger partial charge on any atom is 0.340 e. The number of hydrogen-bond acceptors (Lipinski definition) is 5. The molecule has 0 radical (unpaired) electrons. The maximum absolute atomic E-state index is 11.8. The highest BCUT2D eigenvalue weighted by atomic mass is 16.5. The number of aliphatic hydroxyl groups is 1. The third kappa shape index (κ3) is 2.26. The Morgan fingerprint density at radius 1 is 1.61 bits per heavy atom. The third-order valence-electron chi connectivity index (χ3n) is 3.32. The Morgan fingerprint density at radius 2 is 2.39 bits per heavy atom. The number of aliphatic hydroxyl groups excluding tert-OH is 1. The lowest BCUT2D eigenvalue weighted by Crippen LogP contribution is -2.33. The van der Waals surface area contributed by atoms with Gasteiger partial charge in [-0.25, -0.2) is 4.79 Å². The van der Waals surface area contributed by atoms with Crippen LogP contribution in [-0.2, 0) is 4.74 Å². The van der Waals surface area contributed by atoms with Crippen LogP contribution in [0.2, 0.25) is 0 Å². The zero-order valence-corrected chi connectivity index (χ0v) is 10.4. The van der Waals surface area contributed by atoms with Gasteiger partial charge >= 0.3 is 5.97 Å². The van der Waals surface area contributed by atoms with E-state index in [0.29, 0.717) is 11.3 Å². The number of nitrogens with zero attached hydrogens (tertiary/aromatic N) is 1. The molecule has 1 aromatic carbocycles. The number of esters is 1. The van der Waals surface area contributed by atoms with Crippen molar-refractivity contribution in [2.24, 2.45) is 0 Å². The molecule has 5 nitrogen and oxygen atoms in total. The number of carbonyl (C=O) groups is 1. The fraction of sp³-hybridized carbons (Fsp3) is 0.462. The van der Waals surface area contributed by atoms with Crippen molar-refractivity contribution < 1.29 is 14.6 Å². The van der Waals surface area contributed by atoms with Crippen molar-refractivity contribution in [3.05, 3.63) is 23.8 Å². The first-order valence-electron chi connectivity index (χ1n) is 6.02. The van der Waals surface area contributed by atoms with Crippen LogP contribution in [0.15, 0.2) is 18.2 Å². The molecule has 1 atom stereocenters. The summed E-state index contributed by atoms with van der Waals surface area (Å²) in [5, 5.41) is 9.36. The van der Waals surface area contributed by atoms with Crippen LogP contribution in [0.3, 0.4) is 0 Å². The molecule has 0 spiro atoms. The van der Waals surface area contributed by atoms with Crippen LogP contribution < -0.4 is 10.6 Å². The van der Waals surface area contributed by atoms with E-state index < -0.39 is 5.97 Å². The highest BCUT2D eigenvalue weighted by Gasteiger charge is 2.27. The van der Waals surface area contributed by atoms with Gasteiger partial charge in [0, 0.05) is 12.2 Å². The van der Waals surface area contributed by atoms with E-state index in [-0.39, 0.29) is 12.6 Å². The van der Waals surface area contributed by atoms with Crippen LogP contribution in [0.1, 0.15) is 23.2 Å². The summed E-state index contributed by atoms with van der Waals surface area (Å²) in [5.41, 5.74) is 7.48. The number of anilines is 2. The largest absolute Gasteiger partial charge is 0.465 e. The molecule has 0 saturated carbocycles. The molecule has 1 heterocycles. The summed E-state index contributed by atoms with van der Waals surface area (Å²) in [5.74, 6) is -0.402. The van der Waals surface area contributed by atoms with Gasteiger partial charge in [-0.3, -0.25) is 0 Å². The molecule has 1 saturated heterocycles. The molecule has 1 aliphatic rings. The molecule has 0 aromatic heterocycles. The average Bonchev–Trinajstić information content (AvgIpc) is 2.85. The highest BCUT2D eigenvalue weighted by molar-refractivity contribution is 5.97. The molecule has 2 rings (SSSR count). The van der Waals surface area contributed by atoms with E-state index in [4.69, 9.17) is 10.5 Å². The third-order valence-corrected chi connectivity index (χ3v) is 3.32. The molecule has 3 N–H and O–H groups in total. The van der Waals surface area contributed by atoms with Crippen molar-refractivity contribution in [2.75, 3.05) is 30.9 Å². The molecule has 5 heteroatoms. The van der Waals surface area contributed by atoms with Crippen LogP contribution in [0.25, 0.3) is 0 Å². The zero-order chi connectivity index (χ0) is 13.1. The molecule has 1 aliphatic heterocycles. The summed E-state index contributed by atoms with van der Waals surface area (Å²) in [6.07, 6.45) is 1.94. The van der Waals surface area contributed by atoms with Crippen LogP contribution in [-0.4, -0.2) is 37.4 Å². The van der Waals surface area contributed by atoms with Gasteiger partial charge < -0.3 is 20.5 Å². The minimum absolute atomic E-state index is 0.0667. The monoisotopic (exact) mass is 250 g/mol. The van der Waals surface area contributed by atoms with E-state index >= 15 is 0 Å². The van der Waals surface area contributed by atoms with Crippen LogP contribution in [0, 0.1) is 0 Å². The van der Waals surface area contributed by atoms with Crippen LogP contribution >= 0.6 is 0 Å². The quantitative estimate of drug-likeness (QED) is 0.618. The van der Waals surface area contributed by atoms with Gasteiger partial charge in [0.1, 0.15) is 0 Å². The standard InChI is InChI=1S/C13H18N2O3/c1-18-13(17)11-7-9(14)4-5-12(11)15-6-2-3-10(15)8-16/h4-5,7,10,16H,2-3,6,8,14H2,1H3. The van der Waals surface area contributed by atoms with Crippen molar-refractivity contribution in [3.8, 4) is 0 Å². The molecule has 0 amide bonds. The van der Waals surface area contributed by atoms with Crippen LogP contribution in [0.4, 0.5) is 11.4 Å². The highest BCUT2D eigenvalue weighted by Crippen LogP contribution is 2.30. The lowest BCUT2D eigenvalue weighted by molar-refractivity contribution is 0.0601. The van der Waals surface area contributed by atoms with Gasteiger partial charge in [-0.15, -0.1) is 0 Å². The average molecular weight is 250 g/mol. The van der Waals surface area contributed by atoms with Crippen molar-refractivity contribution in [3.63, 3.8) is 0 Å². The minimum atomic E-state index is -0.402. The first-order chi connectivity index (χ1) is 8.67. The smallest absolute Gasteiger partial charge is 0.340 e. The lowest BCUT2D eigenvalue weighted by Gasteiger charge is -2.27. The molecule has 0 bridgehead atoms. The van der Waals surface area contributed by atoms with Crippen molar-refractivity contribution in [1.82, 2.24) is 0 Å². The van der Waals surface area contributed by atoms with E-state index in [2.05, 4.69) is 0 Å². The van der Waals surface area contributed by atoms with Gasteiger partial charge in [0.2, 0.25) is 0 Å². The SMILES string of the molecule is COC(=O)c1cc(N)ccc1N1CCCC1CO. The molecule has 1 fully saturated rings. The van der Waals surface area contributed by atoms with Crippen molar-refractivity contribution in [2.45, 2.75) is 18.9 Å². The normalized spacial score (nSPS) is 19.0. The fourth-order valence-corrected chi connectivity index (χ4v) is 2.42. The first-order valence-corrected chi connectivity index (χ1v) is 6.02. The number of rotatable bonds is 3. The van der Waals surface area contributed by atoms with Crippen molar-refractivity contribution >= 4 is 17.3 Å². The van der Waals surface area contributed by atoms with Gasteiger partial charge in [-0.1, -0.05) is 0 Å². The van der Waals surface area contributed by atoms with E-state index in [1.165, 1.54) is 7.11 Å². The maximum atomic E-state index is 11.8. The summed E-state index contributed by atoms with van der Waals surface area (Å²) < 4.78 is 4.78. The Hall–Kier alpha value is -1.75. The molecule has 1 aromatic rings. The van der Waals surface area contributed by atoms with E-state index in [0.717, 1.165) is 25.1 Å².